The van der Waals surface area contributed by atoms with Gasteiger partial charge in [-0.1, -0.05) is 6.07 Å². The van der Waals surface area contributed by atoms with Crippen molar-refractivity contribution >= 4 is 23.1 Å². The zero-order valence-electron chi connectivity index (χ0n) is 11.5. The van der Waals surface area contributed by atoms with Crippen LogP contribution in [0, 0.1) is 19.7 Å². The van der Waals surface area contributed by atoms with Crippen molar-refractivity contribution in [2.45, 2.75) is 26.8 Å². The molecule has 4 nitrogen and oxygen atoms in total. The Labute approximate surface area is 121 Å². The van der Waals surface area contributed by atoms with Crippen molar-refractivity contribution in [2.75, 3.05) is 5.32 Å². The maximum atomic E-state index is 13.0. The van der Waals surface area contributed by atoms with E-state index in [4.69, 9.17) is 0 Å². The molecule has 0 saturated carbocycles. The number of nitrogens with one attached hydrogen (secondary N) is 2. The number of carbonyl (C=O) groups excluding carboxylic acids is 1. The molecule has 6 heteroatoms. The van der Waals surface area contributed by atoms with Gasteiger partial charge in [-0.15, -0.1) is 11.3 Å². The minimum atomic E-state index is -0.384. The summed E-state index contributed by atoms with van der Waals surface area (Å²) in [6, 6.07) is 5.27. The summed E-state index contributed by atoms with van der Waals surface area (Å²) in [5.41, 5.74) is 1.35. The van der Waals surface area contributed by atoms with E-state index in [1.807, 2.05) is 20.8 Å². The van der Waals surface area contributed by atoms with Crippen LogP contribution in [0.5, 0.6) is 0 Å². The number of aromatic nitrogens is 1. The number of benzene rings is 1. The van der Waals surface area contributed by atoms with Crippen LogP contribution in [0.2, 0.25) is 0 Å². The van der Waals surface area contributed by atoms with E-state index in [1.54, 1.807) is 23.5 Å². The van der Waals surface area contributed by atoms with Gasteiger partial charge in [0.15, 0.2) is 0 Å². The SMILES string of the molecule is Cc1nc(C)c([C@H](C)NC(=O)Nc2cccc(F)c2)s1. The quantitative estimate of drug-likeness (QED) is 0.904. The first-order chi connectivity index (χ1) is 9.45. The minimum absolute atomic E-state index is 0.144. The van der Waals surface area contributed by atoms with Gasteiger partial charge in [0.25, 0.3) is 0 Å². The summed E-state index contributed by atoms with van der Waals surface area (Å²) < 4.78 is 13.0. The molecular formula is C14H16FN3OS. The van der Waals surface area contributed by atoms with Crippen molar-refractivity contribution in [1.29, 1.82) is 0 Å². The number of thiazole rings is 1. The molecule has 2 N–H and O–H groups in total. The standard InChI is InChI=1S/C14H16FN3OS/c1-8-13(20-10(3)16-8)9(2)17-14(19)18-12-6-4-5-11(15)7-12/h4-7,9H,1-3H3,(H2,17,18,19)/t9-/m0/s1. The summed E-state index contributed by atoms with van der Waals surface area (Å²) in [6.07, 6.45) is 0. The van der Waals surface area contributed by atoms with Gasteiger partial charge in [-0.2, -0.15) is 0 Å². The van der Waals surface area contributed by atoms with Crippen molar-refractivity contribution in [2.24, 2.45) is 0 Å². The van der Waals surface area contributed by atoms with Crippen LogP contribution in [0.25, 0.3) is 0 Å². The Hall–Kier alpha value is -1.95. The highest BCUT2D eigenvalue weighted by Gasteiger charge is 2.15. The number of hydrogen-bond donors (Lipinski definition) is 2. The largest absolute Gasteiger partial charge is 0.330 e. The molecule has 0 aliphatic rings. The number of urea groups is 1. The van der Waals surface area contributed by atoms with E-state index in [9.17, 15) is 9.18 Å². The number of rotatable bonds is 3. The Bertz CT molecular complexity index is 627. The fourth-order valence-corrected chi connectivity index (χ4v) is 2.87. The molecule has 0 radical (unpaired) electrons. The maximum Gasteiger partial charge on any atom is 0.319 e. The van der Waals surface area contributed by atoms with Crippen molar-refractivity contribution in [3.8, 4) is 0 Å². The Morgan fingerprint density at radius 1 is 1.40 bits per heavy atom. The molecule has 0 unspecified atom stereocenters. The highest BCUT2D eigenvalue weighted by Crippen LogP contribution is 2.24. The first-order valence-electron chi connectivity index (χ1n) is 6.22. The van der Waals surface area contributed by atoms with Crippen molar-refractivity contribution in [3.05, 3.63) is 45.7 Å². The minimum Gasteiger partial charge on any atom is -0.330 e. The van der Waals surface area contributed by atoms with Gasteiger partial charge < -0.3 is 10.6 Å². The number of aryl methyl sites for hydroxylation is 2. The molecule has 0 aliphatic heterocycles. The van der Waals surface area contributed by atoms with Gasteiger partial charge in [0, 0.05) is 10.6 Å². The topological polar surface area (TPSA) is 54.0 Å². The maximum absolute atomic E-state index is 13.0. The summed E-state index contributed by atoms with van der Waals surface area (Å²) in [4.78, 5) is 17.2. The molecule has 0 aliphatic carbocycles. The van der Waals surface area contributed by atoms with Gasteiger partial charge in [-0.05, 0) is 39.0 Å². The van der Waals surface area contributed by atoms with Crippen LogP contribution in [0.4, 0.5) is 14.9 Å². The molecule has 1 atom stereocenters. The molecule has 2 aromatic rings. The number of nitrogens with zero attached hydrogens (tertiary/aromatic N) is 1. The molecular weight excluding hydrogens is 277 g/mol. The molecule has 1 aromatic carbocycles. The van der Waals surface area contributed by atoms with Crippen LogP contribution < -0.4 is 10.6 Å². The van der Waals surface area contributed by atoms with Crippen LogP contribution in [0.1, 0.15) is 28.5 Å². The van der Waals surface area contributed by atoms with Crippen molar-refractivity contribution in [3.63, 3.8) is 0 Å². The predicted molar refractivity (Wildman–Crippen MR) is 78.6 cm³/mol. The van der Waals surface area contributed by atoms with Crippen LogP contribution in [0.3, 0.4) is 0 Å². The molecule has 2 amide bonds. The lowest BCUT2D eigenvalue weighted by molar-refractivity contribution is 0.249. The smallest absolute Gasteiger partial charge is 0.319 e. The second-order valence-electron chi connectivity index (χ2n) is 4.51. The van der Waals surface area contributed by atoms with Gasteiger partial charge >= 0.3 is 6.03 Å². The molecule has 0 bridgehead atoms. The van der Waals surface area contributed by atoms with Gasteiger partial charge in [0.1, 0.15) is 5.82 Å². The summed E-state index contributed by atoms with van der Waals surface area (Å²) in [5, 5.41) is 6.39. The summed E-state index contributed by atoms with van der Waals surface area (Å²) >= 11 is 1.56. The molecule has 2 rings (SSSR count). The van der Waals surface area contributed by atoms with Gasteiger partial charge in [0.05, 0.1) is 16.7 Å². The predicted octanol–water partition coefficient (Wildman–Crippen LogP) is 3.78. The zero-order chi connectivity index (χ0) is 14.7. The van der Waals surface area contributed by atoms with Crippen LogP contribution in [-0.4, -0.2) is 11.0 Å². The Kier molecular flexibility index (Phi) is 4.34. The molecule has 0 fully saturated rings. The Morgan fingerprint density at radius 2 is 2.15 bits per heavy atom. The number of amides is 2. The third kappa shape index (κ3) is 3.54. The average Bonchev–Trinajstić information content (AvgIpc) is 2.68. The van der Waals surface area contributed by atoms with Gasteiger partial charge in [0.2, 0.25) is 0 Å². The number of carbonyl (C=O) groups is 1. The van der Waals surface area contributed by atoms with E-state index in [2.05, 4.69) is 15.6 Å². The molecule has 106 valence electrons. The molecule has 0 spiro atoms. The lowest BCUT2D eigenvalue weighted by Crippen LogP contribution is -2.31. The Balaban J connectivity index is 1.99. The van der Waals surface area contributed by atoms with Crippen LogP contribution >= 0.6 is 11.3 Å². The molecule has 1 aromatic heterocycles. The van der Waals surface area contributed by atoms with E-state index in [0.29, 0.717) is 5.69 Å². The molecule has 0 saturated heterocycles. The normalized spacial score (nSPS) is 12.0. The average molecular weight is 293 g/mol. The summed E-state index contributed by atoms with van der Waals surface area (Å²) in [5.74, 6) is -0.384. The monoisotopic (exact) mass is 293 g/mol. The Morgan fingerprint density at radius 3 is 2.75 bits per heavy atom. The second-order valence-corrected chi connectivity index (χ2v) is 5.75. The number of halogens is 1. The summed E-state index contributed by atoms with van der Waals surface area (Å²) in [6.45, 7) is 5.74. The molecule has 20 heavy (non-hydrogen) atoms. The van der Waals surface area contributed by atoms with Gasteiger partial charge in [-0.3, -0.25) is 0 Å². The first-order valence-corrected chi connectivity index (χ1v) is 7.04. The highest BCUT2D eigenvalue weighted by molar-refractivity contribution is 7.11. The van der Waals surface area contributed by atoms with Crippen molar-refractivity contribution in [1.82, 2.24) is 10.3 Å². The first kappa shape index (κ1) is 14.5. The van der Waals surface area contributed by atoms with Crippen LogP contribution in [0.15, 0.2) is 24.3 Å². The lowest BCUT2D eigenvalue weighted by Gasteiger charge is -2.13. The van der Waals surface area contributed by atoms with Crippen LogP contribution in [-0.2, 0) is 0 Å². The summed E-state index contributed by atoms with van der Waals surface area (Å²) in [7, 11) is 0. The highest BCUT2D eigenvalue weighted by atomic mass is 32.1. The third-order valence-electron chi connectivity index (χ3n) is 2.76. The number of anilines is 1. The third-order valence-corrected chi connectivity index (χ3v) is 4.02. The zero-order valence-corrected chi connectivity index (χ0v) is 12.3. The van der Waals surface area contributed by atoms with E-state index in [0.717, 1.165) is 15.6 Å². The second kappa shape index (κ2) is 6.00. The van der Waals surface area contributed by atoms with E-state index in [-0.39, 0.29) is 17.9 Å². The van der Waals surface area contributed by atoms with E-state index >= 15 is 0 Å². The molecule has 1 heterocycles. The number of hydrogen-bond acceptors (Lipinski definition) is 3. The van der Waals surface area contributed by atoms with E-state index in [1.165, 1.54) is 12.1 Å². The lowest BCUT2D eigenvalue weighted by atomic mass is 10.2. The van der Waals surface area contributed by atoms with Crippen molar-refractivity contribution < 1.29 is 9.18 Å². The van der Waals surface area contributed by atoms with E-state index < -0.39 is 0 Å². The fraction of sp³-hybridized carbons (Fsp3) is 0.286. The van der Waals surface area contributed by atoms with Gasteiger partial charge in [-0.25, -0.2) is 14.2 Å². The fourth-order valence-electron chi connectivity index (χ4n) is 1.94.